The third-order valence-electron chi connectivity index (χ3n) is 2.34. The average molecular weight is 241 g/mol. The van der Waals surface area contributed by atoms with E-state index in [9.17, 15) is 4.79 Å². The van der Waals surface area contributed by atoms with Crippen LogP contribution in [-0.4, -0.2) is 24.0 Å². The fourth-order valence-corrected chi connectivity index (χ4v) is 2.37. The van der Waals surface area contributed by atoms with Crippen molar-refractivity contribution in [2.45, 2.75) is 38.8 Å². The van der Waals surface area contributed by atoms with Crippen molar-refractivity contribution in [3.05, 3.63) is 16.6 Å². The maximum absolute atomic E-state index is 11.2. The first-order chi connectivity index (χ1) is 7.45. The van der Waals surface area contributed by atoms with Gasteiger partial charge in [-0.2, -0.15) is 0 Å². The van der Waals surface area contributed by atoms with Crippen LogP contribution in [-0.2, 0) is 10.3 Å². The second kappa shape index (κ2) is 5.41. The summed E-state index contributed by atoms with van der Waals surface area (Å²) in [5.41, 5.74) is -0.193. The molecule has 0 saturated carbocycles. The Balaban J connectivity index is 2.56. The van der Waals surface area contributed by atoms with E-state index in [-0.39, 0.29) is 17.5 Å². The van der Waals surface area contributed by atoms with E-state index in [2.05, 4.69) is 29.5 Å². The Hall–Kier alpha value is -0.940. The zero-order valence-corrected chi connectivity index (χ0v) is 11.0. The van der Waals surface area contributed by atoms with Crippen molar-refractivity contribution >= 4 is 17.2 Å². The Morgan fingerprint density at radius 3 is 2.81 bits per heavy atom. The Labute approximate surface area is 100 Å². The summed E-state index contributed by atoms with van der Waals surface area (Å²) in [4.78, 5) is 15.5. The van der Waals surface area contributed by atoms with Crippen molar-refractivity contribution in [2.24, 2.45) is 0 Å². The number of aromatic nitrogens is 1. The molecular formula is C11H19N3OS. The normalized spacial score (nSPS) is 13.5. The second-order valence-electron chi connectivity index (χ2n) is 4.38. The van der Waals surface area contributed by atoms with Crippen molar-refractivity contribution in [1.82, 2.24) is 15.6 Å². The fraction of sp³-hybridized carbons (Fsp3) is 0.636. The molecule has 1 rings (SSSR count). The van der Waals surface area contributed by atoms with E-state index >= 15 is 0 Å². The molecule has 1 atom stereocenters. The molecule has 4 nitrogen and oxygen atoms in total. The highest BCUT2D eigenvalue weighted by atomic mass is 32.1. The minimum atomic E-state index is -0.193. The highest BCUT2D eigenvalue weighted by Gasteiger charge is 2.25. The van der Waals surface area contributed by atoms with Crippen LogP contribution in [0.5, 0.6) is 0 Å². The first-order valence-corrected chi connectivity index (χ1v) is 6.22. The highest BCUT2D eigenvalue weighted by molar-refractivity contribution is 7.09. The molecule has 1 amide bonds. The molecule has 1 aromatic heterocycles. The van der Waals surface area contributed by atoms with Gasteiger partial charge in [-0.25, -0.2) is 4.98 Å². The van der Waals surface area contributed by atoms with Gasteiger partial charge in [0.1, 0.15) is 5.01 Å². The second-order valence-corrected chi connectivity index (χ2v) is 5.28. The molecule has 0 aliphatic heterocycles. The summed E-state index contributed by atoms with van der Waals surface area (Å²) >= 11 is 1.62. The van der Waals surface area contributed by atoms with E-state index < -0.39 is 0 Å². The molecule has 0 bridgehead atoms. The van der Waals surface area contributed by atoms with Crippen molar-refractivity contribution < 1.29 is 4.79 Å². The summed E-state index contributed by atoms with van der Waals surface area (Å²) < 4.78 is 0. The molecular weight excluding hydrogens is 222 g/mol. The SMILES string of the molecule is CNC(=O)CC(C)NC(C)(C)c1nccs1. The third kappa shape index (κ3) is 3.57. The van der Waals surface area contributed by atoms with E-state index in [0.29, 0.717) is 6.42 Å². The number of carbonyl (C=O) groups excluding carboxylic acids is 1. The summed E-state index contributed by atoms with van der Waals surface area (Å²) in [5, 5.41) is 9.03. The van der Waals surface area contributed by atoms with Crippen LogP contribution in [0.3, 0.4) is 0 Å². The van der Waals surface area contributed by atoms with E-state index in [1.54, 1.807) is 24.6 Å². The number of hydrogen-bond donors (Lipinski definition) is 2. The number of rotatable bonds is 5. The zero-order valence-electron chi connectivity index (χ0n) is 10.2. The van der Waals surface area contributed by atoms with Crippen molar-refractivity contribution in [3.8, 4) is 0 Å². The Morgan fingerprint density at radius 2 is 2.31 bits per heavy atom. The van der Waals surface area contributed by atoms with Crippen LogP contribution in [0.15, 0.2) is 11.6 Å². The summed E-state index contributed by atoms with van der Waals surface area (Å²) in [5.74, 6) is 0.0509. The van der Waals surface area contributed by atoms with Crippen LogP contribution < -0.4 is 10.6 Å². The van der Waals surface area contributed by atoms with Crippen molar-refractivity contribution in [3.63, 3.8) is 0 Å². The molecule has 0 aromatic carbocycles. The smallest absolute Gasteiger partial charge is 0.221 e. The summed E-state index contributed by atoms with van der Waals surface area (Å²) in [7, 11) is 1.65. The number of nitrogens with one attached hydrogen (secondary N) is 2. The predicted molar refractivity (Wildman–Crippen MR) is 66.4 cm³/mol. The van der Waals surface area contributed by atoms with E-state index in [1.165, 1.54) is 0 Å². The van der Waals surface area contributed by atoms with Crippen LogP contribution in [0.25, 0.3) is 0 Å². The molecule has 0 aliphatic carbocycles. The zero-order chi connectivity index (χ0) is 12.2. The maximum Gasteiger partial charge on any atom is 0.221 e. The minimum absolute atomic E-state index is 0.0509. The standard InChI is InChI=1S/C11H19N3OS/c1-8(7-9(15)12-4)14-11(2,3)10-13-5-6-16-10/h5-6,8,14H,7H2,1-4H3,(H,12,15). The molecule has 90 valence electrons. The number of nitrogens with zero attached hydrogens (tertiary/aromatic N) is 1. The molecule has 16 heavy (non-hydrogen) atoms. The Morgan fingerprint density at radius 1 is 1.62 bits per heavy atom. The number of thiazole rings is 1. The Bertz CT molecular complexity index is 335. The van der Waals surface area contributed by atoms with Gasteiger partial charge >= 0.3 is 0 Å². The molecule has 2 N–H and O–H groups in total. The lowest BCUT2D eigenvalue weighted by atomic mass is 10.0. The monoisotopic (exact) mass is 241 g/mol. The van der Waals surface area contributed by atoms with Gasteiger partial charge in [0.05, 0.1) is 5.54 Å². The van der Waals surface area contributed by atoms with Crippen LogP contribution in [0, 0.1) is 0 Å². The van der Waals surface area contributed by atoms with Gasteiger partial charge in [-0.1, -0.05) is 0 Å². The molecule has 0 radical (unpaired) electrons. The van der Waals surface area contributed by atoms with Crippen molar-refractivity contribution in [1.29, 1.82) is 0 Å². The van der Waals surface area contributed by atoms with Crippen LogP contribution >= 0.6 is 11.3 Å². The van der Waals surface area contributed by atoms with Gasteiger partial charge < -0.3 is 10.6 Å². The van der Waals surface area contributed by atoms with Crippen LogP contribution in [0.2, 0.25) is 0 Å². The van der Waals surface area contributed by atoms with Crippen molar-refractivity contribution in [2.75, 3.05) is 7.05 Å². The molecule has 0 aliphatic rings. The third-order valence-corrected chi connectivity index (χ3v) is 3.44. The molecule has 0 saturated heterocycles. The van der Waals surface area contributed by atoms with Crippen LogP contribution in [0.1, 0.15) is 32.2 Å². The quantitative estimate of drug-likeness (QED) is 0.821. The van der Waals surface area contributed by atoms with E-state index in [1.807, 2.05) is 12.3 Å². The van der Waals surface area contributed by atoms with Gasteiger partial charge in [-0.3, -0.25) is 4.79 Å². The fourth-order valence-electron chi connectivity index (χ4n) is 1.64. The highest BCUT2D eigenvalue weighted by Crippen LogP contribution is 2.22. The van der Waals surface area contributed by atoms with Gasteiger partial charge in [-0.05, 0) is 20.8 Å². The summed E-state index contributed by atoms with van der Waals surface area (Å²) in [6, 6.07) is 0.124. The largest absolute Gasteiger partial charge is 0.359 e. The molecule has 1 aromatic rings. The van der Waals surface area contributed by atoms with E-state index in [0.717, 1.165) is 5.01 Å². The van der Waals surface area contributed by atoms with Gasteiger partial charge in [0.25, 0.3) is 0 Å². The van der Waals surface area contributed by atoms with Crippen LogP contribution in [0.4, 0.5) is 0 Å². The first kappa shape index (κ1) is 13.1. The molecule has 0 spiro atoms. The maximum atomic E-state index is 11.2. The first-order valence-electron chi connectivity index (χ1n) is 5.34. The lowest BCUT2D eigenvalue weighted by Crippen LogP contribution is -2.44. The number of carbonyl (C=O) groups is 1. The van der Waals surface area contributed by atoms with E-state index in [4.69, 9.17) is 0 Å². The summed E-state index contributed by atoms with van der Waals surface area (Å²) in [6.07, 6.45) is 2.28. The topological polar surface area (TPSA) is 54.0 Å². The van der Waals surface area contributed by atoms with Gasteiger partial charge in [0.15, 0.2) is 0 Å². The lowest BCUT2D eigenvalue weighted by molar-refractivity contribution is -0.121. The summed E-state index contributed by atoms with van der Waals surface area (Å²) in [6.45, 7) is 6.16. The van der Waals surface area contributed by atoms with Gasteiger partial charge in [0.2, 0.25) is 5.91 Å². The lowest BCUT2D eigenvalue weighted by Gasteiger charge is -2.28. The molecule has 0 fully saturated rings. The molecule has 1 heterocycles. The molecule has 5 heteroatoms. The predicted octanol–water partition coefficient (Wildman–Crippen LogP) is 1.49. The number of hydrogen-bond acceptors (Lipinski definition) is 4. The Kier molecular flexibility index (Phi) is 4.44. The number of amides is 1. The molecule has 1 unspecified atom stereocenters. The van der Waals surface area contributed by atoms with Gasteiger partial charge in [0, 0.05) is 31.1 Å². The average Bonchev–Trinajstić information content (AvgIpc) is 2.69. The minimum Gasteiger partial charge on any atom is -0.359 e. The van der Waals surface area contributed by atoms with Gasteiger partial charge in [-0.15, -0.1) is 11.3 Å².